The summed E-state index contributed by atoms with van der Waals surface area (Å²) in [6, 6.07) is 9.39. The van der Waals surface area contributed by atoms with E-state index >= 15 is 0 Å². The molecule has 0 aliphatic heterocycles. The molecule has 3 rings (SSSR count). The summed E-state index contributed by atoms with van der Waals surface area (Å²) in [5, 5.41) is 5.38. The van der Waals surface area contributed by atoms with E-state index in [9.17, 15) is 28.8 Å². The van der Waals surface area contributed by atoms with E-state index < -0.39 is 11.9 Å². The van der Waals surface area contributed by atoms with Crippen LogP contribution in [0.2, 0.25) is 0 Å². The summed E-state index contributed by atoms with van der Waals surface area (Å²) in [7, 11) is 2.50. The first-order chi connectivity index (χ1) is 17.2. The second kappa shape index (κ2) is 12.1. The van der Waals surface area contributed by atoms with Gasteiger partial charge in [0.2, 0.25) is 0 Å². The fourth-order valence-electron chi connectivity index (χ4n) is 3.80. The van der Waals surface area contributed by atoms with Crippen molar-refractivity contribution < 1.29 is 38.2 Å². The van der Waals surface area contributed by atoms with E-state index in [0.29, 0.717) is 11.1 Å². The molecule has 36 heavy (non-hydrogen) atoms. The molecule has 0 aromatic heterocycles. The fraction of sp³-hybridized carbons (Fsp3) is 0.308. The molecular formula is C26H26N2O8. The van der Waals surface area contributed by atoms with Crippen molar-refractivity contribution >= 4 is 35.1 Å². The molecule has 0 saturated heterocycles. The smallest absolute Gasteiger partial charge is 0.319 e. The van der Waals surface area contributed by atoms with Gasteiger partial charge in [0.1, 0.15) is 0 Å². The molecule has 188 valence electrons. The molecule has 0 radical (unpaired) electrons. The number of carbonyl (C=O) groups is 6. The third kappa shape index (κ3) is 6.55. The Labute approximate surface area is 207 Å². The zero-order valence-corrected chi connectivity index (χ0v) is 20.0. The van der Waals surface area contributed by atoms with Crippen LogP contribution in [0.5, 0.6) is 0 Å². The van der Waals surface area contributed by atoms with Crippen molar-refractivity contribution in [3.05, 3.63) is 69.8 Å². The molecule has 10 nitrogen and oxygen atoms in total. The summed E-state index contributed by atoms with van der Waals surface area (Å²) < 4.78 is 9.00. The highest BCUT2D eigenvalue weighted by atomic mass is 16.5. The Morgan fingerprint density at radius 2 is 1.00 bits per heavy atom. The summed E-state index contributed by atoms with van der Waals surface area (Å²) in [5.74, 6) is -2.05. The highest BCUT2D eigenvalue weighted by Crippen LogP contribution is 2.29. The van der Waals surface area contributed by atoms with E-state index in [1.54, 1.807) is 12.1 Å². The highest BCUT2D eigenvalue weighted by Gasteiger charge is 2.30. The van der Waals surface area contributed by atoms with Crippen LogP contribution in [0, 0.1) is 0 Å². The SMILES string of the molecule is COC(=O)CNCC(=O)Cc1ccc2c(c1)C(=O)c1cc(CC(=O)CNCC(=O)OC)ccc1C2=O. The first-order valence-corrected chi connectivity index (χ1v) is 11.2. The van der Waals surface area contributed by atoms with Gasteiger partial charge in [-0.15, -0.1) is 0 Å². The lowest BCUT2D eigenvalue weighted by Crippen LogP contribution is -2.30. The number of hydrogen-bond acceptors (Lipinski definition) is 10. The molecule has 0 amide bonds. The van der Waals surface area contributed by atoms with Gasteiger partial charge in [0.05, 0.1) is 40.4 Å². The van der Waals surface area contributed by atoms with Crippen molar-refractivity contribution in [3.8, 4) is 0 Å². The van der Waals surface area contributed by atoms with Crippen LogP contribution >= 0.6 is 0 Å². The minimum atomic E-state index is -0.488. The van der Waals surface area contributed by atoms with E-state index in [4.69, 9.17) is 0 Å². The third-order valence-corrected chi connectivity index (χ3v) is 5.59. The van der Waals surface area contributed by atoms with E-state index in [0.717, 1.165) is 0 Å². The van der Waals surface area contributed by atoms with Gasteiger partial charge >= 0.3 is 11.9 Å². The molecule has 0 bridgehead atoms. The van der Waals surface area contributed by atoms with Gasteiger partial charge in [-0.3, -0.25) is 28.8 Å². The maximum absolute atomic E-state index is 13.2. The minimum Gasteiger partial charge on any atom is -0.468 e. The molecule has 2 N–H and O–H groups in total. The van der Waals surface area contributed by atoms with Gasteiger partial charge in [-0.25, -0.2) is 0 Å². The molecule has 0 spiro atoms. The van der Waals surface area contributed by atoms with Crippen LogP contribution in [-0.2, 0) is 41.5 Å². The zero-order chi connectivity index (χ0) is 26.2. The number of esters is 2. The molecule has 0 fully saturated rings. The van der Waals surface area contributed by atoms with Crippen molar-refractivity contribution in [2.24, 2.45) is 0 Å². The molecule has 0 unspecified atom stereocenters. The Kier molecular flexibility index (Phi) is 8.93. The van der Waals surface area contributed by atoms with Crippen molar-refractivity contribution in [1.29, 1.82) is 0 Å². The summed E-state index contributed by atoms with van der Waals surface area (Å²) >= 11 is 0. The largest absolute Gasteiger partial charge is 0.468 e. The van der Waals surface area contributed by atoms with Gasteiger partial charge in [-0.1, -0.05) is 24.3 Å². The van der Waals surface area contributed by atoms with Gasteiger partial charge < -0.3 is 20.1 Å². The van der Waals surface area contributed by atoms with Gasteiger partial charge in [-0.2, -0.15) is 0 Å². The lowest BCUT2D eigenvalue weighted by molar-refractivity contribution is -0.140. The number of ether oxygens (including phenoxy) is 2. The minimum absolute atomic E-state index is 0.0168. The first kappa shape index (κ1) is 26.6. The van der Waals surface area contributed by atoms with Crippen LogP contribution < -0.4 is 10.6 Å². The second-order valence-corrected chi connectivity index (χ2v) is 8.21. The predicted octanol–water partition coefficient (Wildman–Crippen LogP) is 0.210. The van der Waals surface area contributed by atoms with Crippen LogP contribution in [0.1, 0.15) is 43.0 Å². The molecule has 1 aliphatic carbocycles. The average Bonchev–Trinajstić information content (AvgIpc) is 2.86. The molecule has 1 aliphatic rings. The fourth-order valence-corrected chi connectivity index (χ4v) is 3.80. The molecule has 0 atom stereocenters. The monoisotopic (exact) mass is 494 g/mol. The van der Waals surface area contributed by atoms with Gasteiger partial charge in [-0.05, 0) is 23.3 Å². The molecular weight excluding hydrogens is 468 g/mol. The molecule has 2 aromatic rings. The van der Waals surface area contributed by atoms with Crippen LogP contribution in [0.4, 0.5) is 0 Å². The number of ketones is 4. The van der Waals surface area contributed by atoms with Gasteiger partial charge in [0, 0.05) is 35.1 Å². The maximum Gasteiger partial charge on any atom is 0.319 e. The standard InChI is InChI=1S/C26H26N2O8/c1-35-23(31)13-27-11-17(29)7-15-3-5-19-21(9-15)26(34)22-10-16(4-6-20(22)25(19)33)8-18(30)12-28-14-24(32)36-2/h3-6,9-10,27-28H,7-8,11-14H2,1-2H3. The van der Waals surface area contributed by atoms with Crippen LogP contribution in [0.15, 0.2) is 36.4 Å². The van der Waals surface area contributed by atoms with E-state index in [1.807, 2.05) is 0 Å². The molecule has 10 heteroatoms. The van der Waals surface area contributed by atoms with Crippen molar-refractivity contribution in [2.45, 2.75) is 12.8 Å². The van der Waals surface area contributed by atoms with Gasteiger partial charge in [0.15, 0.2) is 23.1 Å². The summed E-state index contributed by atoms with van der Waals surface area (Å²) in [6.07, 6.45) is 0.0335. The Balaban J connectivity index is 1.70. The number of benzene rings is 2. The second-order valence-electron chi connectivity index (χ2n) is 8.21. The Bertz CT molecular complexity index is 1140. The summed E-state index contributed by atoms with van der Waals surface area (Å²) in [4.78, 5) is 73.0. The lowest BCUT2D eigenvalue weighted by atomic mass is 9.82. The normalized spacial score (nSPS) is 11.9. The third-order valence-electron chi connectivity index (χ3n) is 5.59. The van der Waals surface area contributed by atoms with E-state index in [-0.39, 0.29) is 84.4 Å². The number of Topliss-reactive ketones (excluding diaryl/α,β-unsaturated/α-hetero) is 2. The lowest BCUT2D eigenvalue weighted by Gasteiger charge is -2.19. The maximum atomic E-state index is 13.2. The average molecular weight is 495 g/mol. The number of nitrogens with one attached hydrogen (secondary N) is 2. The predicted molar refractivity (Wildman–Crippen MR) is 127 cm³/mol. The quantitative estimate of drug-likeness (QED) is 0.335. The molecule has 0 heterocycles. The number of methoxy groups -OCH3 is 2. The number of hydrogen-bond donors (Lipinski definition) is 2. The summed E-state index contributed by atoms with van der Waals surface area (Å²) in [6.45, 7) is -0.285. The Morgan fingerprint density at radius 3 is 1.39 bits per heavy atom. The zero-order valence-electron chi connectivity index (χ0n) is 20.0. The first-order valence-electron chi connectivity index (χ1n) is 11.2. The van der Waals surface area contributed by atoms with Crippen molar-refractivity contribution in [2.75, 3.05) is 40.4 Å². The van der Waals surface area contributed by atoms with Crippen molar-refractivity contribution in [1.82, 2.24) is 10.6 Å². The Morgan fingerprint density at radius 1 is 0.611 bits per heavy atom. The van der Waals surface area contributed by atoms with Crippen LogP contribution in [0.25, 0.3) is 0 Å². The topological polar surface area (TPSA) is 145 Å². The van der Waals surface area contributed by atoms with E-state index in [1.165, 1.54) is 38.5 Å². The van der Waals surface area contributed by atoms with Gasteiger partial charge in [0.25, 0.3) is 0 Å². The number of carbonyl (C=O) groups excluding carboxylic acids is 6. The van der Waals surface area contributed by atoms with E-state index in [2.05, 4.69) is 20.1 Å². The highest BCUT2D eigenvalue weighted by molar-refractivity contribution is 6.28. The molecule has 0 saturated carbocycles. The Hall–Kier alpha value is -4.02. The van der Waals surface area contributed by atoms with Crippen LogP contribution in [-0.4, -0.2) is 75.5 Å². The number of fused-ring (bicyclic) bond motifs is 2. The molecule has 2 aromatic carbocycles. The summed E-state index contributed by atoms with van der Waals surface area (Å²) in [5.41, 5.74) is 2.02. The number of rotatable bonds is 12. The van der Waals surface area contributed by atoms with Crippen LogP contribution in [0.3, 0.4) is 0 Å². The van der Waals surface area contributed by atoms with Crippen molar-refractivity contribution in [3.63, 3.8) is 0 Å².